The van der Waals surface area contributed by atoms with Crippen LogP contribution in [0.1, 0.15) is 13.8 Å². The highest BCUT2D eigenvalue weighted by molar-refractivity contribution is 14.0. The molecule has 7 heteroatoms. The van der Waals surface area contributed by atoms with Crippen LogP contribution < -0.4 is 5.32 Å². The third kappa shape index (κ3) is 7.61. The fourth-order valence-corrected chi connectivity index (χ4v) is 2.05. The molecule has 0 aliphatic carbocycles. The highest BCUT2D eigenvalue weighted by Gasteiger charge is 2.25. The van der Waals surface area contributed by atoms with Gasteiger partial charge in [-0.1, -0.05) is 0 Å². The quantitative estimate of drug-likeness (QED) is 0.393. The van der Waals surface area contributed by atoms with E-state index in [1.807, 2.05) is 32.8 Å². The maximum absolute atomic E-state index is 10.4. The zero-order valence-electron chi connectivity index (χ0n) is 13.1. The topological polar surface area (TPSA) is 60.3 Å². The van der Waals surface area contributed by atoms with Crippen molar-refractivity contribution in [2.45, 2.75) is 19.4 Å². The van der Waals surface area contributed by atoms with E-state index in [0.717, 1.165) is 38.8 Å². The number of nitrogens with zero attached hydrogens (tertiary/aromatic N) is 3. The predicted molar refractivity (Wildman–Crippen MR) is 93.0 cm³/mol. The molecule has 0 amide bonds. The molecule has 1 heterocycles. The Hall–Kier alpha value is -0.120. The summed E-state index contributed by atoms with van der Waals surface area (Å²) in [4.78, 5) is 8.62. The number of hydrogen-bond donors (Lipinski definition) is 2. The number of β-amino-alcohol motifs (C(OH)–C–C–N with tert-alkyl or cyclic N) is 1. The van der Waals surface area contributed by atoms with Gasteiger partial charge in [-0.25, -0.2) is 0 Å². The first-order valence-electron chi connectivity index (χ1n) is 6.93. The number of nitrogens with one attached hydrogen (secondary N) is 1. The summed E-state index contributed by atoms with van der Waals surface area (Å²) in [5, 5.41) is 13.6. The Morgan fingerprint density at radius 3 is 2.50 bits per heavy atom. The van der Waals surface area contributed by atoms with Gasteiger partial charge in [-0.05, 0) is 13.8 Å². The van der Waals surface area contributed by atoms with E-state index in [1.54, 1.807) is 0 Å². The van der Waals surface area contributed by atoms with Crippen molar-refractivity contribution in [3.8, 4) is 0 Å². The van der Waals surface area contributed by atoms with Crippen molar-refractivity contribution >= 4 is 29.9 Å². The average molecular weight is 400 g/mol. The number of hydrogen-bond acceptors (Lipinski definition) is 4. The molecule has 20 heavy (non-hydrogen) atoms. The van der Waals surface area contributed by atoms with Crippen LogP contribution in [0.5, 0.6) is 0 Å². The van der Waals surface area contributed by atoms with E-state index in [1.165, 1.54) is 0 Å². The highest BCUT2D eigenvalue weighted by atomic mass is 127. The first-order valence-corrected chi connectivity index (χ1v) is 6.93. The molecule has 0 spiro atoms. The minimum atomic E-state index is -0.811. The van der Waals surface area contributed by atoms with Crippen molar-refractivity contribution in [2.75, 3.05) is 60.0 Å². The number of ether oxygens (including phenoxy) is 1. The molecule has 0 aromatic carbocycles. The van der Waals surface area contributed by atoms with Crippen LogP contribution in [0.3, 0.4) is 0 Å². The minimum Gasteiger partial charge on any atom is -0.387 e. The summed E-state index contributed by atoms with van der Waals surface area (Å²) in [5.41, 5.74) is -0.811. The van der Waals surface area contributed by atoms with Gasteiger partial charge in [-0.2, -0.15) is 0 Å². The monoisotopic (exact) mass is 400 g/mol. The van der Waals surface area contributed by atoms with Gasteiger partial charge in [0, 0.05) is 40.3 Å². The van der Waals surface area contributed by atoms with E-state index < -0.39 is 5.60 Å². The van der Waals surface area contributed by atoms with Crippen LogP contribution in [0.2, 0.25) is 0 Å². The van der Waals surface area contributed by atoms with Crippen LogP contribution in [0.4, 0.5) is 0 Å². The number of aliphatic hydroxyl groups is 1. The molecule has 120 valence electrons. The molecule has 0 aromatic rings. The Kier molecular flexibility index (Phi) is 9.69. The summed E-state index contributed by atoms with van der Waals surface area (Å²) >= 11 is 0. The maximum atomic E-state index is 10.4. The Labute approximate surface area is 139 Å². The van der Waals surface area contributed by atoms with Gasteiger partial charge in [0.25, 0.3) is 0 Å². The van der Waals surface area contributed by atoms with Crippen LogP contribution in [0, 0.1) is 0 Å². The van der Waals surface area contributed by atoms with Gasteiger partial charge >= 0.3 is 0 Å². The molecule has 1 unspecified atom stereocenters. The van der Waals surface area contributed by atoms with Crippen LogP contribution in [-0.2, 0) is 4.74 Å². The van der Waals surface area contributed by atoms with E-state index in [-0.39, 0.29) is 24.0 Å². The molecule has 1 aliphatic rings. The molecule has 1 saturated heterocycles. The number of guanidine groups is 1. The summed E-state index contributed by atoms with van der Waals surface area (Å²) in [7, 11) is 3.89. The third-order valence-electron chi connectivity index (χ3n) is 3.00. The molecule has 1 atom stereocenters. The van der Waals surface area contributed by atoms with Crippen molar-refractivity contribution in [3.63, 3.8) is 0 Å². The second-order valence-electron chi connectivity index (χ2n) is 5.45. The molecular weight excluding hydrogens is 371 g/mol. The van der Waals surface area contributed by atoms with Crippen LogP contribution in [0.15, 0.2) is 4.99 Å². The molecule has 2 N–H and O–H groups in total. The van der Waals surface area contributed by atoms with E-state index in [0.29, 0.717) is 13.1 Å². The maximum Gasteiger partial charge on any atom is 0.193 e. The zero-order valence-corrected chi connectivity index (χ0v) is 15.4. The molecule has 6 nitrogen and oxygen atoms in total. The average Bonchev–Trinajstić information content (AvgIpc) is 2.34. The van der Waals surface area contributed by atoms with Gasteiger partial charge in [0.1, 0.15) is 0 Å². The van der Waals surface area contributed by atoms with Crippen molar-refractivity contribution in [2.24, 2.45) is 4.99 Å². The van der Waals surface area contributed by atoms with Gasteiger partial charge in [-0.3, -0.25) is 9.89 Å². The van der Waals surface area contributed by atoms with Gasteiger partial charge < -0.3 is 20.1 Å². The lowest BCUT2D eigenvalue weighted by Gasteiger charge is -2.33. The fraction of sp³-hybridized carbons (Fsp3) is 0.923. The summed E-state index contributed by atoms with van der Waals surface area (Å²) < 4.78 is 5.31. The van der Waals surface area contributed by atoms with Crippen LogP contribution >= 0.6 is 24.0 Å². The number of halogens is 1. The zero-order chi connectivity index (χ0) is 14.3. The number of morpholine rings is 1. The van der Waals surface area contributed by atoms with Crippen molar-refractivity contribution in [1.82, 2.24) is 15.1 Å². The first kappa shape index (κ1) is 19.9. The standard InChI is InChI=1S/C13H28N4O2.HI/c1-5-14-12(16(3)4)15-10-13(2,18)11-17-6-8-19-9-7-17;/h18H,5-11H2,1-4H3,(H,14,15);1H. The lowest BCUT2D eigenvalue weighted by atomic mass is 10.1. The Balaban J connectivity index is 0.00000361. The van der Waals surface area contributed by atoms with Gasteiger partial charge in [0.15, 0.2) is 5.96 Å². The molecule has 0 saturated carbocycles. The second-order valence-corrected chi connectivity index (χ2v) is 5.45. The number of aliphatic imine (C=N–C) groups is 1. The molecule has 1 rings (SSSR count). The normalized spacial score (nSPS) is 19.9. The Morgan fingerprint density at radius 2 is 2.00 bits per heavy atom. The molecule has 0 aromatic heterocycles. The molecular formula is C13H29IN4O2. The van der Waals surface area contributed by atoms with Gasteiger partial charge in [-0.15, -0.1) is 24.0 Å². The summed E-state index contributed by atoms with van der Waals surface area (Å²) in [5.74, 6) is 0.810. The van der Waals surface area contributed by atoms with Crippen LogP contribution in [0.25, 0.3) is 0 Å². The van der Waals surface area contributed by atoms with Crippen molar-refractivity contribution in [3.05, 3.63) is 0 Å². The third-order valence-corrected chi connectivity index (χ3v) is 3.00. The first-order chi connectivity index (χ1) is 8.94. The summed E-state index contributed by atoms with van der Waals surface area (Å²) in [6, 6.07) is 0. The van der Waals surface area contributed by atoms with E-state index in [9.17, 15) is 5.11 Å². The van der Waals surface area contributed by atoms with Crippen molar-refractivity contribution in [1.29, 1.82) is 0 Å². The van der Waals surface area contributed by atoms with E-state index in [4.69, 9.17) is 4.74 Å². The largest absolute Gasteiger partial charge is 0.387 e. The van der Waals surface area contributed by atoms with E-state index in [2.05, 4.69) is 15.2 Å². The molecule has 0 radical (unpaired) electrons. The molecule has 1 fully saturated rings. The summed E-state index contributed by atoms with van der Waals surface area (Å²) in [6.45, 7) is 8.98. The lowest BCUT2D eigenvalue weighted by Crippen LogP contribution is -2.48. The smallest absolute Gasteiger partial charge is 0.193 e. The van der Waals surface area contributed by atoms with Gasteiger partial charge in [0.05, 0.1) is 25.4 Å². The second kappa shape index (κ2) is 9.75. The Morgan fingerprint density at radius 1 is 1.40 bits per heavy atom. The fourth-order valence-electron chi connectivity index (χ4n) is 2.05. The van der Waals surface area contributed by atoms with E-state index >= 15 is 0 Å². The van der Waals surface area contributed by atoms with Crippen molar-refractivity contribution < 1.29 is 9.84 Å². The predicted octanol–water partition coefficient (Wildman–Crippen LogP) is 0.215. The summed E-state index contributed by atoms with van der Waals surface area (Å²) in [6.07, 6.45) is 0. The van der Waals surface area contributed by atoms with Gasteiger partial charge in [0.2, 0.25) is 0 Å². The lowest BCUT2D eigenvalue weighted by molar-refractivity contribution is -0.0180. The van der Waals surface area contributed by atoms with Crippen LogP contribution in [-0.4, -0.2) is 86.5 Å². The number of rotatable bonds is 5. The molecule has 1 aliphatic heterocycles. The SMILES string of the molecule is CCNC(=NCC(C)(O)CN1CCOCC1)N(C)C.I. The minimum absolute atomic E-state index is 0. The Bertz CT molecular complexity index is 292. The molecule has 0 bridgehead atoms. The highest BCUT2D eigenvalue weighted by Crippen LogP contribution is 2.09.